The molecule has 1 aliphatic carbocycles. The van der Waals surface area contributed by atoms with Crippen LogP contribution in [-0.4, -0.2) is 38.2 Å². The Morgan fingerprint density at radius 1 is 0.958 bits per heavy atom. The molecule has 1 aliphatic heterocycles. The lowest BCUT2D eigenvalue weighted by atomic mass is 9.95. The molecule has 2 heterocycles. The van der Waals surface area contributed by atoms with Crippen molar-refractivity contribution in [3.8, 4) is 0 Å². The molecule has 1 aromatic heterocycles. The fourth-order valence-corrected chi connectivity index (χ4v) is 4.26. The maximum absolute atomic E-state index is 6.09. The number of aromatic nitrogens is 4. The summed E-state index contributed by atoms with van der Waals surface area (Å²) in [6, 6.07) is 8.74. The van der Waals surface area contributed by atoms with Gasteiger partial charge in [0, 0.05) is 5.02 Å². The van der Waals surface area contributed by atoms with Gasteiger partial charge in [-0.25, -0.2) is 4.68 Å². The zero-order valence-corrected chi connectivity index (χ0v) is 14.7. The lowest BCUT2D eigenvalue weighted by molar-refractivity contribution is 0.244. The molecule has 4 rings (SSSR count). The summed E-state index contributed by atoms with van der Waals surface area (Å²) in [5.74, 6) is 0.992. The molecule has 2 aliphatic rings. The first-order valence-electron chi connectivity index (χ1n) is 9.10. The van der Waals surface area contributed by atoms with Crippen molar-refractivity contribution in [3.63, 3.8) is 0 Å². The van der Waals surface area contributed by atoms with Crippen LogP contribution in [-0.2, 0) is 0 Å². The van der Waals surface area contributed by atoms with Gasteiger partial charge >= 0.3 is 0 Å². The van der Waals surface area contributed by atoms with Crippen LogP contribution in [0.1, 0.15) is 68.4 Å². The zero-order chi connectivity index (χ0) is 16.4. The van der Waals surface area contributed by atoms with Gasteiger partial charge in [-0.05, 0) is 66.9 Å². The molecule has 6 heteroatoms. The van der Waals surface area contributed by atoms with Gasteiger partial charge in [-0.15, -0.1) is 5.10 Å². The first-order chi connectivity index (χ1) is 11.8. The first kappa shape index (κ1) is 16.0. The van der Waals surface area contributed by atoms with Crippen molar-refractivity contribution in [2.24, 2.45) is 0 Å². The summed E-state index contributed by atoms with van der Waals surface area (Å²) in [5, 5.41) is 13.7. The van der Waals surface area contributed by atoms with E-state index >= 15 is 0 Å². The highest BCUT2D eigenvalue weighted by atomic mass is 35.5. The smallest absolute Gasteiger partial charge is 0.173 e. The van der Waals surface area contributed by atoms with Crippen LogP contribution in [0.15, 0.2) is 24.3 Å². The van der Waals surface area contributed by atoms with Crippen molar-refractivity contribution in [2.75, 3.05) is 13.1 Å². The maximum Gasteiger partial charge on any atom is 0.173 e. The second kappa shape index (κ2) is 7.19. The average molecular weight is 346 g/mol. The van der Waals surface area contributed by atoms with Crippen LogP contribution in [0, 0.1) is 0 Å². The monoisotopic (exact) mass is 345 g/mol. The predicted octanol–water partition coefficient (Wildman–Crippen LogP) is 4.02. The van der Waals surface area contributed by atoms with Gasteiger partial charge in [-0.1, -0.05) is 43.0 Å². The quantitative estimate of drug-likeness (QED) is 0.839. The highest BCUT2D eigenvalue weighted by Crippen LogP contribution is 2.34. The van der Waals surface area contributed by atoms with E-state index in [0.717, 1.165) is 23.9 Å². The van der Waals surface area contributed by atoms with E-state index in [0.29, 0.717) is 6.04 Å². The Bertz CT molecular complexity index is 656. The maximum atomic E-state index is 6.09. The summed E-state index contributed by atoms with van der Waals surface area (Å²) >= 11 is 6.09. The van der Waals surface area contributed by atoms with Crippen LogP contribution in [0.3, 0.4) is 0 Å². The van der Waals surface area contributed by atoms with Crippen LogP contribution in [0.2, 0.25) is 5.02 Å². The predicted molar refractivity (Wildman–Crippen MR) is 94.0 cm³/mol. The Hall–Kier alpha value is -1.46. The standard InChI is InChI=1S/C18H24ClN5/c19-15-10-8-14(9-11-15)17(23-12-4-5-13-23)18-20-21-22-24(18)16-6-2-1-3-7-16/h8-11,16-17H,1-7,12-13H2/t17-/m0/s1. The van der Waals surface area contributed by atoms with E-state index in [1.807, 2.05) is 12.1 Å². The van der Waals surface area contributed by atoms with Gasteiger partial charge in [0.05, 0.1) is 12.1 Å². The minimum absolute atomic E-state index is 0.127. The van der Waals surface area contributed by atoms with E-state index in [1.54, 1.807) is 0 Å². The number of hydrogen-bond acceptors (Lipinski definition) is 4. The molecule has 0 radical (unpaired) electrons. The number of nitrogens with zero attached hydrogens (tertiary/aromatic N) is 5. The fourth-order valence-electron chi connectivity index (χ4n) is 4.13. The first-order valence-corrected chi connectivity index (χ1v) is 9.48. The molecular formula is C18H24ClN5. The molecule has 0 N–H and O–H groups in total. The second-order valence-electron chi connectivity index (χ2n) is 6.97. The SMILES string of the molecule is Clc1ccc([C@@H](c2nnnn2C2CCCCC2)N2CCCC2)cc1. The van der Waals surface area contributed by atoms with Crippen molar-refractivity contribution in [1.82, 2.24) is 25.1 Å². The lowest BCUT2D eigenvalue weighted by Crippen LogP contribution is -2.30. The summed E-state index contributed by atoms with van der Waals surface area (Å²) in [5.41, 5.74) is 1.23. The Balaban J connectivity index is 1.71. The summed E-state index contributed by atoms with van der Waals surface area (Å²) in [6.45, 7) is 2.20. The van der Waals surface area contributed by atoms with E-state index < -0.39 is 0 Å². The molecule has 1 saturated carbocycles. The molecule has 1 aromatic carbocycles. The van der Waals surface area contributed by atoms with Gasteiger partial charge in [0.15, 0.2) is 5.82 Å². The summed E-state index contributed by atoms with van der Waals surface area (Å²) < 4.78 is 2.11. The second-order valence-corrected chi connectivity index (χ2v) is 7.41. The minimum Gasteiger partial charge on any atom is -0.290 e. The fraction of sp³-hybridized carbons (Fsp3) is 0.611. The molecule has 5 nitrogen and oxygen atoms in total. The van der Waals surface area contributed by atoms with Gasteiger partial charge in [-0.3, -0.25) is 4.90 Å². The van der Waals surface area contributed by atoms with Gasteiger partial charge in [0.25, 0.3) is 0 Å². The molecule has 2 aromatic rings. The molecule has 0 unspecified atom stereocenters. The number of halogens is 1. The Morgan fingerprint density at radius 3 is 2.38 bits per heavy atom. The number of likely N-dealkylation sites (tertiary alicyclic amines) is 1. The molecule has 128 valence electrons. The molecule has 0 spiro atoms. The highest BCUT2D eigenvalue weighted by molar-refractivity contribution is 6.30. The molecule has 24 heavy (non-hydrogen) atoms. The third-order valence-corrected chi connectivity index (χ3v) is 5.63. The summed E-state index contributed by atoms with van der Waals surface area (Å²) in [7, 11) is 0. The van der Waals surface area contributed by atoms with E-state index in [9.17, 15) is 0 Å². The highest BCUT2D eigenvalue weighted by Gasteiger charge is 2.31. The van der Waals surface area contributed by atoms with Gasteiger partial charge in [0.2, 0.25) is 0 Å². The Morgan fingerprint density at radius 2 is 1.67 bits per heavy atom. The van der Waals surface area contributed by atoms with E-state index in [-0.39, 0.29) is 6.04 Å². The Labute approximate surface area is 148 Å². The van der Waals surface area contributed by atoms with E-state index in [4.69, 9.17) is 11.6 Å². The van der Waals surface area contributed by atoms with Crippen LogP contribution < -0.4 is 0 Å². The topological polar surface area (TPSA) is 46.8 Å². The van der Waals surface area contributed by atoms with Crippen molar-refractivity contribution in [3.05, 3.63) is 40.7 Å². The van der Waals surface area contributed by atoms with Crippen molar-refractivity contribution >= 4 is 11.6 Å². The van der Waals surface area contributed by atoms with E-state index in [2.05, 4.69) is 37.2 Å². The third-order valence-electron chi connectivity index (χ3n) is 5.37. The van der Waals surface area contributed by atoms with Gasteiger partial charge < -0.3 is 0 Å². The largest absolute Gasteiger partial charge is 0.290 e. The van der Waals surface area contributed by atoms with Crippen LogP contribution in [0.25, 0.3) is 0 Å². The normalized spacial score (nSPS) is 21.2. The number of tetrazole rings is 1. The lowest BCUT2D eigenvalue weighted by Gasteiger charge is -2.29. The molecule has 1 atom stereocenters. The third kappa shape index (κ3) is 3.20. The van der Waals surface area contributed by atoms with Gasteiger partial charge in [-0.2, -0.15) is 0 Å². The number of rotatable bonds is 4. The molecule has 1 saturated heterocycles. The number of benzene rings is 1. The minimum atomic E-state index is 0.127. The Kier molecular flexibility index (Phi) is 4.81. The molecule has 0 bridgehead atoms. The van der Waals surface area contributed by atoms with Crippen LogP contribution in [0.4, 0.5) is 0 Å². The summed E-state index contributed by atoms with van der Waals surface area (Å²) in [6.07, 6.45) is 8.75. The zero-order valence-electron chi connectivity index (χ0n) is 13.9. The molecule has 2 fully saturated rings. The van der Waals surface area contributed by atoms with Crippen LogP contribution >= 0.6 is 11.6 Å². The van der Waals surface area contributed by atoms with Crippen molar-refractivity contribution < 1.29 is 0 Å². The molecule has 0 amide bonds. The number of hydrogen-bond donors (Lipinski definition) is 0. The van der Waals surface area contributed by atoms with Crippen molar-refractivity contribution in [2.45, 2.75) is 57.0 Å². The van der Waals surface area contributed by atoms with Crippen molar-refractivity contribution in [1.29, 1.82) is 0 Å². The summed E-state index contributed by atoms with van der Waals surface area (Å²) in [4.78, 5) is 2.51. The average Bonchev–Trinajstić information content (AvgIpc) is 3.30. The van der Waals surface area contributed by atoms with Gasteiger partial charge in [0.1, 0.15) is 0 Å². The van der Waals surface area contributed by atoms with Crippen LogP contribution in [0.5, 0.6) is 0 Å². The van der Waals surface area contributed by atoms with E-state index in [1.165, 1.54) is 50.5 Å². The molecular weight excluding hydrogens is 322 g/mol.